The molecule has 1 fully saturated rings. The maximum absolute atomic E-state index is 12.5. The van der Waals surface area contributed by atoms with Crippen molar-refractivity contribution in [3.63, 3.8) is 0 Å². The van der Waals surface area contributed by atoms with Crippen molar-refractivity contribution >= 4 is 11.4 Å². The molecule has 2 heterocycles. The molecule has 1 unspecified atom stereocenters. The maximum atomic E-state index is 12.5. The van der Waals surface area contributed by atoms with Gasteiger partial charge in [0.1, 0.15) is 17.1 Å². The number of morpholine rings is 1. The minimum atomic E-state index is -1.35. The van der Waals surface area contributed by atoms with E-state index >= 15 is 0 Å². The van der Waals surface area contributed by atoms with E-state index in [1.165, 1.54) is 5.56 Å². The first kappa shape index (κ1) is 23.6. The first-order chi connectivity index (χ1) is 17.0. The predicted octanol–water partition coefficient (Wildman–Crippen LogP) is 3.35. The fourth-order valence-electron chi connectivity index (χ4n) is 5.00. The molecule has 0 aliphatic carbocycles. The van der Waals surface area contributed by atoms with Crippen LogP contribution in [0.3, 0.4) is 0 Å². The number of ether oxygens (including phenoxy) is 2. The van der Waals surface area contributed by atoms with Crippen LogP contribution in [0, 0.1) is 0 Å². The van der Waals surface area contributed by atoms with Gasteiger partial charge in [-0.05, 0) is 35.4 Å². The lowest BCUT2D eigenvalue weighted by atomic mass is 9.77. The highest BCUT2D eigenvalue weighted by Crippen LogP contribution is 2.51. The zero-order chi connectivity index (χ0) is 24.4. The molecule has 2 aliphatic rings. The molecular formula is C28H34N4O3. The van der Waals surface area contributed by atoms with E-state index in [0.29, 0.717) is 18.0 Å². The van der Waals surface area contributed by atoms with Gasteiger partial charge in [-0.15, -0.1) is 0 Å². The third kappa shape index (κ3) is 4.48. The summed E-state index contributed by atoms with van der Waals surface area (Å²) in [6.45, 7) is 5.47. The molecule has 3 aromatic carbocycles. The van der Waals surface area contributed by atoms with Crippen LogP contribution in [0.5, 0.6) is 11.5 Å². The molecule has 1 atom stereocenters. The van der Waals surface area contributed by atoms with E-state index in [1.807, 2.05) is 62.6 Å². The van der Waals surface area contributed by atoms with Crippen molar-refractivity contribution in [1.29, 1.82) is 0 Å². The molecule has 4 N–H and O–H groups in total. The molecule has 0 radical (unpaired) electrons. The van der Waals surface area contributed by atoms with Gasteiger partial charge < -0.3 is 30.5 Å². The molecular weight excluding hydrogens is 440 g/mol. The predicted molar refractivity (Wildman–Crippen MR) is 139 cm³/mol. The Morgan fingerprint density at radius 1 is 1.03 bits per heavy atom. The first-order valence-electron chi connectivity index (χ1n) is 12.2. The Balaban J connectivity index is 1.60. The second-order valence-electron chi connectivity index (χ2n) is 9.25. The van der Waals surface area contributed by atoms with Crippen molar-refractivity contribution in [2.75, 3.05) is 63.7 Å². The van der Waals surface area contributed by atoms with Crippen LogP contribution in [-0.2, 0) is 16.9 Å². The summed E-state index contributed by atoms with van der Waals surface area (Å²) in [5, 5.41) is 15.7. The van der Waals surface area contributed by atoms with Crippen molar-refractivity contribution in [3.05, 3.63) is 82.9 Å². The summed E-state index contributed by atoms with van der Waals surface area (Å²) in [7, 11) is 3.88. The van der Waals surface area contributed by atoms with Crippen molar-refractivity contribution in [3.8, 4) is 11.5 Å². The molecule has 7 heteroatoms. The van der Waals surface area contributed by atoms with E-state index in [0.717, 1.165) is 67.5 Å². The number of anilines is 2. The van der Waals surface area contributed by atoms with Gasteiger partial charge in [0.05, 0.1) is 13.2 Å². The average molecular weight is 475 g/mol. The number of hydrogen-bond donors (Lipinski definition) is 3. The Labute approximate surface area is 207 Å². The summed E-state index contributed by atoms with van der Waals surface area (Å²) in [6.07, 6.45) is 0. The molecule has 184 valence electrons. The highest BCUT2D eigenvalue weighted by Gasteiger charge is 2.42. The second-order valence-corrected chi connectivity index (χ2v) is 9.25. The summed E-state index contributed by atoms with van der Waals surface area (Å²) >= 11 is 0. The largest absolute Gasteiger partial charge is 0.456 e. The minimum Gasteiger partial charge on any atom is -0.456 e. The van der Waals surface area contributed by atoms with Gasteiger partial charge in [-0.3, -0.25) is 4.90 Å². The number of rotatable bonds is 7. The fourth-order valence-corrected chi connectivity index (χ4v) is 5.00. The molecule has 5 rings (SSSR count). The summed E-state index contributed by atoms with van der Waals surface area (Å²) in [5.41, 5.74) is 9.80. The van der Waals surface area contributed by atoms with Gasteiger partial charge in [0.25, 0.3) is 0 Å². The maximum Gasteiger partial charge on any atom is 0.147 e. The topological polar surface area (TPSA) is 83.2 Å². The van der Waals surface area contributed by atoms with E-state index in [2.05, 4.69) is 27.2 Å². The van der Waals surface area contributed by atoms with Crippen LogP contribution in [0.15, 0.2) is 60.7 Å². The number of nitrogens with zero attached hydrogens (tertiary/aromatic N) is 2. The lowest BCUT2D eigenvalue weighted by molar-refractivity contribution is 0.0341. The molecule has 0 aromatic heterocycles. The number of likely N-dealkylation sites (N-methyl/N-ethyl adjacent to an activating group) is 1. The summed E-state index contributed by atoms with van der Waals surface area (Å²) < 4.78 is 11.9. The smallest absolute Gasteiger partial charge is 0.147 e. The average Bonchev–Trinajstić information content (AvgIpc) is 2.89. The zero-order valence-corrected chi connectivity index (χ0v) is 20.5. The highest BCUT2D eigenvalue weighted by molar-refractivity contribution is 5.67. The van der Waals surface area contributed by atoms with Crippen LogP contribution in [0.1, 0.15) is 22.3 Å². The van der Waals surface area contributed by atoms with Crippen molar-refractivity contribution < 1.29 is 14.6 Å². The summed E-state index contributed by atoms with van der Waals surface area (Å²) in [6, 6.07) is 20.1. The third-order valence-corrected chi connectivity index (χ3v) is 6.99. The minimum absolute atomic E-state index is 0.558. The van der Waals surface area contributed by atoms with E-state index in [9.17, 15) is 5.11 Å². The molecule has 0 bridgehead atoms. The molecule has 0 saturated carbocycles. The van der Waals surface area contributed by atoms with Gasteiger partial charge in [-0.2, -0.15) is 0 Å². The van der Waals surface area contributed by atoms with Gasteiger partial charge in [-0.1, -0.05) is 24.3 Å². The standard InChI is InChI=1S/C28H34N4O3/c1-30-22-6-8-24-26(17-22)35-27-18-23(31(2)11-10-29)7-9-25(27)28(24,33)21-5-3-4-20(16-21)19-32-12-14-34-15-13-32/h3-9,16-18,30,33H,10-15,19,29H2,1-2H3. The Kier molecular flexibility index (Phi) is 6.67. The number of nitrogens with two attached hydrogens (primary N) is 1. The van der Waals surface area contributed by atoms with E-state index in [1.54, 1.807) is 0 Å². The van der Waals surface area contributed by atoms with E-state index in [-0.39, 0.29) is 0 Å². The molecule has 7 nitrogen and oxygen atoms in total. The van der Waals surface area contributed by atoms with Gasteiger partial charge in [0, 0.05) is 81.5 Å². The normalized spacial score (nSPS) is 19.4. The summed E-state index contributed by atoms with van der Waals surface area (Å²) in [5.74, 6) is 1.29. The second kappa shape index (κ2) is 9.87. The van der Waals surface area contributed by atoms with Gasteiger partial charge in [0.2, 0.25) is 0 Å². The summed E-state index contributed by atoms with van der Waals surface area (Å²) in [4.78, 5) is 4.47. The third-order valence-electron chi connectivity index (χ3n) is 6.99. The number of hydrogen-bond acceptors (Lipinski definition) is 7. The Bertz CT molecular complexity index is 1190. The van der Waals surface area contributed by atoms with Crippen molar-refractivity contribution in [1.82, 2.24) is 4.90 Å². The highest BCUT2D eigenvalue weighted by atomic mass is 16.5. The first-order valence-corrected chi connectivity index (χ1v) is 12.2. The zero-order valence-electron chi connectivity index (χ0n) is 20.5. The SMILES string of the molecule is CNc1ccc2c(c1)Oc1cc(N(C)CCN)ccc1C2(O)c1cccc(CN2CCOCC2)c1. The molecule has 0 amide bonds. The van der Waals surface area contributed by atoms with Crippen LogP contribution in [-0.4, -0.2) is 63.5 Å². The Hall–Kier alpha value is -3.10. The van der Waals surface area contributed by atoms with Crippen LogP contribution < -0.4 is 20.7 Å². The van der Waals surface area contributed by atoms with Crippen LogP contribution in [0.25, 0.3) is 0 Å². The molecule has 1 saturated heterocycles. The lowest BCUT2D eigenvalue weighted by Crippen LogP contribution is -2.36. The van der Waals surface area contributed by atoms with Crippen molar-refractivity contribution in [2.45, 2.75) is 12.1 Å². The van der Waals surface area contributed by atoms with Crippen molar-refractivity contribution in [2.24, 2.45) is 5.73 Å². The fraction of sp³-hybridized carbons (Fsp3) is 0.357. The van der Waals surface area contributed by atoms with Gasteiger partial charge >= 0.3 is 0 Å². The quantitative estimate of drug-likeness (QED) is 0.484. The van der Waals surface area contributed by atoms with Gasteiger partial charge in [0.15, 0.2) is 0 Å². The van der Waals surface area contributed by atoms with E-state index < -0.39 is 5.60 Å². The number of fused-ring (bicyclic) bond motifs is 2. The number of aliphatic hydroxyl groups is 1. The van der Waals surface area contributed by atoms with E-state index in [4.69, 9.17) is 15.2 Å². The Morgan fingerprint density at radius 3 is 2.51 bits per heavy atom. The van der Waals surface area contributed by atoms with Crippen LogP contribution >= 0.6 is 0 Å². The number of benzene rings is 3. The molecule has 3 aromatic rings. The van der Waals surface area contributed by atoms with Crippen LogP contribution in [0.2, 0.25) is 0 Å². The molecule has 0 spiro atoms. The molecule has 35 heavy (non-hydrogen) atoms. The number of nitrogens with one attached hydrogen (secondary N) is 1. The Morgan fingerprint density at radius 2 is 1.77 bits per heavy atom. The van der Waals surface area contributed by atoms with Gasteiger partial charge in [-0.25, -0.2) is 0 Å². The molecule has 2 aliphatic heterocycles. The lowest BCUT2D eigenvalue weighted by Gasteiger charge is -2.37. The monoisotopic (exact) mass is 474 g/mol. The van der Waals surface area contributed by atoms with Crippen LogP contribution in [0.4, 0.5) is 11.4 Å².